The molecular weight excluding hydrogens is 254 g/mol. The van der Waals surface area contributed by atoms with E-state index in [4.69, 9.17) is 9.84 Å². The normalized spacial score (nSPS) is 10.2. The van der Waals surface area contributed by atoms with Crippen LogP contribution in [0.1, 0.15) is 15.9 Å². The number of carboxylic acids is 1. The molecule has 0 saturated carbocycles. The average Bonchev–Trinajstić information content (AvgIpc) is 2.41. The van der Waals surface area contributed by atoms with Gasteiger partial charge in [0.2, 0.25) is 5.82 Å². The number of halogens is 2. The number of ether oxygens (including phenoxy) is 1. The van der Waals surface area contributed by atoms with E-state index in [1.165, 1.54) is 24.3 Å². The molecule has 0 fully saturated rings. The molecule has 0 aliphatic carbocycles. The molecule has 0 atom stereocenters. The summed E-state index contributed by atoms with van der Waals surface area (Å²) in [5, 5.41) is 8.82. The summed E-state index contributed by atoms with van der Waals surface area (Å²) in [5.74, 6) is -3.31. The van der Waals surface area contributed by atoms with Crippen LogP contribution in [0, 0.1) is 11.6 Å². The minimum Gasteiger partial charge on any atom is -0.486 e. The van der Waals surface area contributed by atoms with Crippen LogP contribution in [-0.2, 0) is 6.61 Å². The molecule has 0 unspecified atom stereocenters. The van der Waals surface area contributed by atoms with Gasteiger partial charge in [0.1, 0.15) is 6.61 Å². The van der Waals surface area contributed by atoms with Gasteiger partial charge in [-0.3, -0.25) is 0 Å². The van der Waals surface area contributed by atoms with Gasteiger partial charge in [-0.05, 0) is 29.8 Å². The zero-order valence-electron chi connectivity index (χ0n) is 9.77. The molecule has 2 aromatic rings. The zero-order valence-corrected chi connectivity index (χ0v) is 9.77. The maximum Gasteiger partial charge on any atom is 0.335 e. The quantitative estimate of drug-likeness (QED) is 0.922. The lowest BCUT2D eigenvalue weighted by atomic mass is 10.1. The molecule has 3 nitrogen and oxygen atoms in total. The van der Waals surface area contributed by atoms with E-state index in [1.807, 2.05) is 0 Å². The molecule has 0 aromatic heterocycles. The number of rotatable bonds is 4. The van der Waals surface area contributed by atoms with Gasteiger partial charge in [0.05, 0.1) is 5.56 Å². The number of aromatic carboxylic acids is 1. The monoisotopic (exact) mass is 264 g/mol. The van der Waals surface area contributed by atoms with Gasteiger partial charge in [0, 0.05) is 0 Å². The van der Waals surface area contributed by atoms with E-state index in [0.717, 1.165) is 6.07 Å². The van der Waals surface area contributed by atoms with Crippen molar-refractivity contribution in [2.24, 2.45) is 0 Å². The maximum atomic E-state index is 13.3. The number of carbonyl (C=O) groups is 1. The van der Waals surface area contributed by atoms with Gasteiger partial charge in [-0.2, -0.15) is 4.39 Å². The van der Waals surface area contributed by atoms with Gasteiger partial charge in [-0.15, -0.1) is 0 Å². The van der Waals surface area contributed by atoms with E-state index >= 15 is 0 Å². The first-order valence-electron chi connectivity index (χ1n) is 5.47. The highest BCUT2D eigenvalue weighted by atomic mass is 19.2. The standard InChI is InChI=1S/C14H10F2O3/c15-11-5-2-6-12(13(11)16)19-8-9-3-1-4-10(7-9)14(17)18/h1-7H,8H2,(H,17,18). The zero-order chi connectivity index (χ0) is 13.8. The van der Waals surface area contributed by atoms with E-state index in [9.17, 15) is 13.6 Å². The van der Waals surface area contributed by atoms with Crippen molar-refractivity contribution in [1.29, 1.82) is 0 Å². The Kier molecular flexibility index (Phi) is 3.75. The highest BCUT2D eigenvalue weighted by Crippen LogP contribution is 2.20. The van der Waals surface area contributed by atoms with E-state index < -0.39 is 17.6 Å². The minimum absolute atomic E-state index is 0.0402. The predicted molar refractivity (Wildman–Crippen MR) is 64.1 cm³/mol. The molecule has 0 saturated heterocycles. The van der Waals surface area contributed by atoms with Crippen LogP contribution in [0.5, 0.6) is 5.75 Å². The fraction of sp³-hybridized carbons (Fsp3) is 0.0714. The van der Waals surface area contributed by atoms with Gasteiger partial charge in [0.25, 0.3) is 0 Å². The molecule has 0 amide bonds. The number of carboxylic acid groups (broad SMARTS) is 1. The van der Waals surface area contributed by atoms with Crippen molar-refractivity contribution in [3.8, 4) is 5.75 Å². The molecule has 5 heteroatoms. The summed E-state index contributed by atoms with van der Waals surface area (Å²) in [7, 11) is 0. The van der Waals surface area contributed by atoms with Gasteiger partial charge >= 0.3 is 5.97 Å². The van der Waals surface area contributed by atoms with Crippen molar-refractivity contribution in [3.63, 3.8) is 0 Å². The Hall–Kier alpha value is -2.43. The van der Waals surface area contributed by atoms with Crippen LogP contribution >= 0.6 is 0 Å². The molecule has 0 radical (unpaired) electrons. The van der Waals surface area contributed by atoms with Crippen molar-refractivity contribution in [2.75, 3.05) is 0 Å². The summed E-state index contributed by atoms with van der Waals surface area (Å²) >= 11 is 0. The second kappa shape index (κ2) is 5.48. The Morgan fingerprint density at radius 1 is 1.16 bits per heavy atom. The van der Waals surface area contributed by atoms with Crippen molar-refractivity contribution in [3.05, 3.63) is 65.2 Å². The molecule has 19 heavy (non-hydrogen) atoms. The maximum absolute atomic E-state index is 13.3. The SMILES string of the molecule is O=C(O)c1cccc(COc2cccc(F)c2F)c1. The predicted octanol–water partition coefficient (Wildman–Crippen LogP) is 3.24. The summed E-state index contributed by atoms with van der Waals surface area (Å²) in [6.45, 7) is -0.0402. The minimum atomic E-state index is -1.06. The highest BCUT2D eigenvalue weighted by Gasteiger charge is 2.09. The third-order valence-corrected chi connectivity index (χ3v) is 2.48. The Bertz CT molecular complexity index is 611. The Morgan fingerprint density at radius 3 is 2.63 bits per heavy atom. The molecule has 0 aliphatic rings. The van der Waals surface area contributed by atoms with Gasteiger partial charge < -0.3 is 9.84 Å². The van der Waals surface area contributed by atoms with E-state index in [1.54, 1.807) is 12.1 Å². The fourth-order valence-corrected chi connectivity index (χ4v) is 1.55. The van der Waals surface area contributed by atoms with Crippen LogP contribution in [-0.4, -0.2) is 11.1 Å². The van der Waals surface area contributed by atoms with Gasteiger partial charge in [0.15, 0.2) is 11.6 Å². The van der Waals surface area contributed by atoms with Gasteiger partial charge in [-0.25, -0.2) is 9.18 Å². The van der Waals surface area contributed by atoms with Crippen LogP contribution in [0.4, 0.5) is 8.78 Å². The van der Waals surface area contributed by atoms with Crippen LogP contribution in [0.15, 0.2) is 42.5 Å². The second-order valence-electron chi connectivity index (χ2n) is 3.85. The summed E-state index contributed by atoms with van der Waals surface area (Å²) in [6, 6.07) is 9.69. The number of benzene rings is 2. The Morgan fingerprint density at radius 2 is 1.89 bits per heavy atom. The topological polar surface area (TPSA) is 46.5 Å². The lowest BCUT2D eigenvalue weighted by Crippen LogP contribution is -2.01. The molecule has 98 valence electrons. The largest absolute Gasteiger partial charge is 0.486 e. The number of hydrogen-bond acceptors (Lipinski definition) is 2. The lowest BCUT2D eigenvalue weighted by molar-refractivity contribution is 0.0696. The van der Waals surface area contributed by atoms with E-state index in [2.05, 4.69) is 0 Å². The van der Waals surface area contributed by atoms with Crippen molar-refractivity contribution in [1.82, 2.24) is 0 Å². The van der Waals surface area contributed by atoms with Crippen LogP contribution in [0.25, 0.3) is 0 Å². The Labute approximate surface area is 108 Å². The van der Waals surface area contributed by atoms with E-state index in [0.29, 0.717) is 5.56 Å². The van der Waals surface area contributed by atoms with Crippen molar-refractivity contribution >= 4 is 5.97 Å². The smallest absolute Gasteiger partial charge is 0.335 e. The van der Waals surface area contributed by atoms with Crippen molar-refractivity contribution in [2.45, 2.75) is 6.61 Å². The highest BCUT2D eigenvalue weighted by molar-refractivity contribution is 5.87. The molecule has 2 rings (SSSR count). The molecule has 2 aromatic carbocycles. The van der Waals surface area contributed by atoms with Crippen LogP contribution in [0.2, 0.25) is 0 Å². The summed E-state index contributed by atoms with van der Waals surface area (Å²) in [4.78, 5) is 10.8. The van der Waals surface area contributed by atoms with Crippen LogP contribution < -0.4 is 4.74 Å². The summed E-state index contributed by atoms with van der Waals surface area (Å²) < 4.78 is 31.4. The molecule has 0 spiro atoms. The molecule has 0 aliphatic heterocycles. The molecule has 0 bridgehead atoms. The Balaban J connectivity index is 2.12. The summed E-state index contributed by atoms with van der Waals surface area (Å²) in [5.41, 5.74) is 0.671. The van der Waals surface area contributed by atoms with Gasteiger partial charge in [-0.1, -0.05) is 18.2 Å². The first kappa shape index (κ1) is 13.0. The third-order valence-electron chi connectivity index (χ3n) is 2.48. The van der Waals surface area contributed by atoms with Crippen molar-refractivity contribution < 1.29 is 23.4 Å². The fourth-order valence-electron chi connectivity index (χ4n) is 1.55. The van der Waals surface area contributed by atoms with Crippen LogP contribution in [0.3, 0.4) is 0 Å². The molecular formula is C14H10F2O3. The molecule has 0 heterocycles. The first-order chi connectivity index (χ1) is 9.08. The summed E-state index contributed by atoms with van der Waals surface area (Å²) in [6.07, 6.45) is 0. The lowest BCUT2D eigenvalue weighted by Gasteiger charge is -2.08. The van der Waals surface area contributed by atoms with E-state index in [-0.39, 0.29) is 17.9 Å². The second-order valence-corrected chi connectivity index (χ2v) is 3.85. The average molecular weight is 264 g/mol. The first-order valence-corrected chi connectivity index (χ1v) is 5.47. The number of hydrogen-bond donors (Lipinski definition) is 1. The third kappa shape index (κ3) is 3.07. The molecule has 1 N–H and O–H groups in total.